The normalized spacial score (nSPS) is 14.4. The molecule has 1 aliphatic carbocycles. The first-order valence-electron chi connectivity index (χ1n) is 11.2. The van der Waals surface area contributed by atoms with E-state index in [1.54, 1.807) is 28.8 Å². The van der Waals surface area contributed by atoms with E-state index in [-0.39, 0.29) is 0 Å². The minimum atomic E-state index is -4.75. The predicted molar refractivity (Wildman–Crippen MR) is 126 cm³/mol. The van der Waals surface area contributed by atoms with Crippen LogP contribution in [0.25, 0.3) is 11.3 Å². The molecule has 0 aliphatic heterocycles. The smallest absolute Gasteiger partial charge is 0.416 e. The highest BCUT2D eigenvalue weighted by Crippen LogP contribution is 2.35. The lowest BCUT2D eigenvalue weighted by Gasteiger charge is -2.21. The minimum absolute atomic E-state index is 0.362. The Balaban J connectivity index is 1.63. The number of amides is 1. The summed E-state index contributed by atoms with van der Waals surface area (Å²) in [5.74, 6) is -1.53. The lowest BCUT2D eigenvalue weighted by Crippen LogP contribution is -2.39. The molecule has 4 rings (SSSR count). The van der Waals surface area contributed by atoms with Crippen LogP contribution in [-0.2, 0) is 33.6 Å². The van der Waals surface area contributed by atoms with Gasteiger partial charge in [-0.15, -0.1) is 0 Å². The molecule has 1 aromatic heterocycles. The predicted octanol–water partition coefficient (Wildman–Crippen LogP) is 4.43. The molecule has 1 heterocycles. The largest absolute Gasteiger partial charge is 0.467 e. The maximum Gasteiger partial charge on any atom is 0.416 e. The first-order valence-corrected chi connectivity index (χ1v) is 11.6. The van der Waals surface area contributed by atoms with Crippen LogP contribution in [0.15, 0.2) is 59.5 Å². The zero-order chi connectivity index (χ0) is 26.0. The standard InChI is InChI=1S/C25H23ClF3N3O4/c1-36-23(34)22(18-4-2-3-5-19(18)25(27,28)29)30-21(33)14-31-13-20(16-8-10-17(26)11-9-16)32(24(31)35)12-15-6-7-15/h2-5,8-11,13,15,22H,6-7,12,14H2,1H3,(H,30,33). The van der Waals surface area contributed by atoms with Gasteiger partial charge in [-0.3, -0.25) is 13.9 Å². The third kappa shape index (κ3) is 5.64. The van der Waals surface area contributed by atoms with Crippen molar-refractivity contribution in [2.75, 3.05) is 7.11 Å². The number of benzene rings is 2. The van der Waals surface area contributed by atoms with Crippen molar-refractivity contribution >= 4 is 23.5 Å². The SMILES string of the molecule is COC(=O)C(NC(=O)Cn1cc(-c2ccc(Cl)cc2)n(CC2CC2)c1=O)c1ccccc1C(F)(F)F. The number of nitrogens with one attached hydrogen (secondary N) is 1. The van der Waals surface area contributed by atoms with E-state index in [0.29, 0.717) is 23.2 Å². The summed E-state index contributed by atoms with van der Waals surface area (Å²) in [7, 11) is 1.01. The number of hydrogen-bond acceptors (Lipinski definition) is 4. The second-order valence-corrected chi connectivity index (χ2v) is 9.03. The molecule has 0 saturated heterocycles. The number of aromatic nitrogens is 2. The Kier molecular flexibility index (Phi) is 7.26. The number of hydrogen-bond donors (Lipinski definition) is 1. The third-order valence-corrected chi connectivity index (χ3v) is 6.21. The molecule has 0 spiro atoms. The quantitative estimate of drug-likeness (QED) is 0.445. The molecule has 1 amide bonds. The van der Waals surface area contributed by atoms with Crippen molar-refractivity contribution in [3.63, 3.8) is 0 Å². The molecule has 1 fully saturated rings. The van der Waals surface area contributed by atoms with Crippen LogP contribution in [0, 0.1) is 5.92 Å². The van der Waals surface area contributed by atoms with E-state index in [1.807, 2.05) is 0 Å². The maximum atomic E-state index is 13.5. The summed E-state index contributed by atoms with van der Waals surface area (Å²) in [5.41, 5.74) is -0.650. The van der Waals surface area contributed by atoms with Gasteiger partial charge in [-0.25, -0.2) is 9.59 Å². The summed E-state index contributed by atoms with van der Waals surface area (Å²) in [6.07, 6.45) is -1.24. The van der Waals surface area contributed by atoms with E-state index in [0.717, 1.165) is 37.6 Å². The number of methoxy groups -OCH3 is 1. The number of carbonyl (C=O) groups excluding carboxylic acids is 2. The van der Waals surface area contributed by atoms with Crippen molar-refractivity contribution < 1.29 is 27.5 Å². The summed E-state index contributed by atoms with van der Waals surface area (Å²) in [4.78, 5) is 38.4. The van der Waals surface area contributed by atoms with Crippen LogP contribution in [0.1, 0.15) is 30.0 Å². The zero-order valence-electron chi connectivity index (χ0n) is 19.2. The van der Waals surface area contributed by atoms with Gasteiger partial charge < -0.3 is 10.1 Å². The van der Waals surface area contributed by atoms with E-state index < -0.39 is 47.5 Å². The van der Waals surface area contributed by atoms with Crippen molar-refractivity contribution in [3.8, 4) is 11.3 Å². The van der Waals surface area contributed by atoms with Gasteiger partial charge in [-0.05, 0) is 48.1 Å². The number of nitrogens with zero attached hydrogens (tertiary/aromatic N) is 2. The summed E-state index contributed by atoms with van der Waals surface area (Å²) in [6, 6.07) is 9.60. The van der Waals surface area contributed by atoms with Crippen LogP contribution in [0.3, 0.4) is 0 Å². The average Bonchev–Trinajstić information content (AvgIpc) is 3.62. The summed E-state index contributed by atoms with van der Waals surface area (Å²) < 4.78 is 48.0. The molecular weight excluding hydrogens is 499 g/mol. The molecule has 1 unspecified atom stereocenters. The summed E-state index contributed by atoms with van der Waals surface area (Å²) in [6.45, 7) is -0.0199. The molecule has 1 aliphatic rings. The molecule has 190 valence electrons. The molecular formula is C25H23ClF3N3O4. The van der Waals surface area contributed by atoms with E-state index >= 15 is 0 Å². The molecule has 3 aromatic rings. The van der Waals surface area contributed by atoms with Gasteiger partial charge in [0.2, 0.25) is 5.91 Å². The topological polar surface area (TPSA) is 82.3 Å². The first kappa shape index (κ1) is 25.6. The van der Waals surface area contributed by atoms with Gasteiger partial charge in [0.05, 0.1) is 18.4 Å². The fourth-order valence-corrected chi connectivity index (χ4v) is 4.11. The Bertz CT molecular complexity index is 1330. The molecule has 36 heavy (non-hydrogen) atoms. The van der Waals surface area contributed by atoms with Gasteiger partial charge >= 0.3 is 17.8 Å². The fraction of sp³-hybridized carbons (Fsp3) is 0.320. The highest BCUT2D eigenvalue weighted by Gasteiger charge is 2.37. The highest BCUT2D eigenvalue weighted by atomic mass is 35.5. The van der Waals surface area contributed by atoms with Crippen molar-refractivity contribution in [3.05, 3.63) is 81.4 Å². The second-order valence-electron chi connectivity index (χ2n) is 8.59. The Labute approximate surface area is 209 Å². The molecule has 0 radical (unpaired) electrons. The zero-order valence-corrected chi connectivity index (χ0v) is 20.0. The van der Waals surface area contributed by atoms with Crippen LogP contribution in [-0.4, -0.2) is 28.1 Å². The van der Waals surface area contributed by atoms with E-state index in [9.17, 15) is 27.6 Å². The molecule has 1 atom stereocenters. The van der Waals surface area contributed by atoms with E-state index in [4.69, 9.17) is 11.6 Å². The molecule has 7 nitrogen and oxygen atoms in total. The molecule has 2 aromatic carbocycles. The number of esters is 1. The van der Waals surface area contributed by atoms with Gasteiger partial charge in [0.1, 0.15) is 6.54 Å². The average molecular weight is 522 g/mol. The van der Waals surface area contributed by atoms with E-state index in [1.165, 1.54) is 22.9 Å². The van der Waals surface area contributed by atoms with Crippen molar-refractivity contribution in [1.82, 2.24) is 14.5 Å². The van der Waals surface area contributed by atoms with Crippen LogP contribution in [0.2, 0.25) is 5.02 Å². The fourth-order valence-electron chi connectivity index (χ4n) is 3.98. The lowest BCUT2D eigenvalue weighted by atomic mass is 9.99. The Hall–Kier alpha value is -3.53. The number of carbonyl (C=O) groups is 2. The van der Waals surface area contributed by atoms with Crippen LogP contribution >= 0.6 is 11.6 Å². The number of rotatable bonds is 8. The van der Waals surface area contributed by atoms with Gasteiger partial charge in [0.25, 0.3) is 0 Å². The molecule has 11 heteroatoms. The summed E-state index contributed by atoms with van der Waals surface area (Å²) >= 11 is 5.98. The summed E-state index contributed by atoms with van der Waals surface area (Å²) in [5, 5.41) is 2.83. The van der Waals surface area contributed by atoms with Gasteiger partial charge in [0.15, 0.2) is 6.04 Å². The maximum absolute atomic E-state index is 13.5. The minimum Gasteiger partial charge on any atom is -0.467 e. The second kappa shape index (κ2) is 10.2. The highest BCUT2D eigenvalue weighted by molar-refractivity contribution is 6.30. The van der Waals surface area contributed by atoms with Crippen LogP contribution < -0.4 is 11.0 Å². The number of imidazole rings is 1. The number of ether oxygens (including phenoxy) is 1. The van der Waals surface area contributed by atoms with Crippen LogP contribution in [0.4, 0.5) is 13.2 Å². The Morgan fingerprint density at radius 1 is 1.14 bits per heavy atom. The van der Waals surface area contributed by atoms with Crippen molar-refractivity contribution in [1.29, 1.82) is 0 Å². The van der Waals surface area contributed by atoms with Gasteiger partial charge in [-0.2, -0.15) is 13.2 Å². The lowest BCUT2D eigenvalue weighted by molar-refractivity contribution is -0.147. The number of halogens is 4. The van der Waals surface area contributed by atoms with Crippen LogP contribution in [0.5, 0.6) is 0 Å². The van der Waals surface area contributed by atoms with Gasteiger partial charge in [0, 0.05) is 17.8 Å². The van der Waals surface area contributed by atoms with Crippen molar-refractivity contribution in [2.24, 2.45) is 5.92 Å². The monoisotopic (exact) mass is 521 g/mol. The first-order chi connectivity index (χ1) is 17.1. The molecule has 1 N–H and O–H groups in total. The van der Waals surface area contributed by atoms with Gasteiger partial charge in [-0.1, -0.05) is 41.9 Å². The Morgan fingerprint density at radius 3 is 2.42 bits per heavy atom. The third-order valence-electron chi connectivity index (χ3n) is 5.96. The molecule has 0 bridgehead atoms. The van der Waals surface area contributed by atoms with E-state index in [2.05, 4.69) is 10.1 Å². The van der Waals surface area contributed by atoms with Crippen molar-refractivity contribution in [2.45, 2.75) is 38.1 Å². The molecule has 1 saturated carbocycles. The number of alkyl halides is 3. The Morgan fingerprint density at radius 2 is 1.81 bits per heavy atom.